The minimum Gasteiger partial charge on any atom is -0.493 e. The van der Waals surface area contributed by atoms with Crippen LogP contribution in [0.3, 0.4) is 0 Å². The van der Waals surface area contributed by atoms with Crippen molar-refractivity contribution >= 4 is 11.8 Å². The second-order valence-electron chi connectivity index (χ2n) is 8.89. The van der Waals surface area contributed by atoms with E-state index in [9.17, 15) is 9.59 Å². The molecule has 3 atom stereocenters. The summed E-state index contributed by atoms with van der Waals surface area (Å²) in [4.78, 5) is 29.1. The molecule has 1 N–H and O–H groups in total. The maximum absolute atomic E-state index is 13.3. The lowest BCUT2D eigenvalue weighted by atomic mass is 9.96. The number of benzene rings is 1. The van der Waals surface area contributed by atoms with Crippen LogP contribution in [0.25, 0.3) is 0 Å². The molecular formula is C22H31N3O3. The Hall–Kier alpha value is -2.08. The Kier molecular flexibility index (Phi) is 5.32. The van der Waals surface area contributed by atoms with Crippen molar-refractivity contribution in [2.45, 2.75) is 64.7 Å². The van der Waals surface area contributed by atoms with Crippen molar-refractivity contribution in [1.82, 2.24) is 15.1 Å². The number of nitrogens with one attached hydrogen (secondary N) is 1. The number of carbonyl (C=O) groups is 2. The third kappa shape index (κ3) is 3.88. The van der Waals surface area contributed by atoms with Crippen molar-refractivity contribution in [3.8, 4) is 5.75 Å². The molecule has 0 radical (unpaired) electrons. The number of amides is 2. The Bertz CT molecular complexity index is 763. The summed E-state index contributed by atoms with van der Waals surface area (Å²) in [7, 11) is 0. The van der Waals surface area contributed by atoms with Gasteiger partial charge >= 0.3 is 0 Å². The Balaban J connectivity index is 1.53. The first-order chi connectivity index (χ1) is 13.4. The van der Waals surface area contributed by atoms with Crippen LogP contribution in [-0.2, 0) is 22.6 Å². The van der Waals surface area contributed by atoms with Crippen LogP contribution >= 0.6 is 0 Å². The summed E-state index contributed by atoms with van der Waals surface area (Å²) in [5, 5.41) is 3.00. The van der Waals surface area contributed by atoms with E-state index in [0.717, 1.165) is 44.7 Å². The smallest absolute Gasteiger partial charge is 0.240 e. The van der Waals surface area contributed by atoms with E-state index in [0.29, 0.717) is 12.5 Å². The average Bonchev–Trinajstić information content (AvgIpc) is 3.23. The van der Waals surface area contributed by atoms with Crippen LogP contribution in [0.1, 0.15) is 44.7 Å². The van der Waals surface area contributed by atoms with Gasteiger partial charge in [-0.3, -0.25) is 14.5 Å². The average molecular weight is 386 g/mol. The van der Waals surface area contributed by atoms with Gasteiger partial charge in [-0.2, -0.15) is 0 Å². The molecule has 0 bridgehead atoms. The number of piperazine rings is 1. The summed E-state index contributed by atoms with van der Waals surface area (Å²) in [5.74, 6) is 1.66. The molecule has 0 aliphatic carbocycles. The van der Waals surface area contributed by atoms with Crippen LogP contribution in [0.15, 0.2) is 18.2 Å². The summed E-state index contributed by atoms with van der Waals surface area (Å²) in [6, 6.07) is 6.60. The lowest BCUT2D eigenvalue weighted by molar-refractivity contribution is -0.145. The number of hydrogen-bond donors (Lipinski definition) is 1. The zero-order valence-corrected chi connectivity index (χ0v) is 17.1. The van der Waals surface area contributed by atoms with Crippen LogP contribution in [0, 0.1) is 5.92 Å². The van der Waals surface area contributed by atoms with E-state index < -0.39 is 0 Å². The van der Waals surface area contributed by atoms with Gasteiger partial charge in [-0.05, 0) is 36.0 Å². The lowest BCUT2D eigenvalue weighted by Crippen LogP contribution is -2.59. The largest absolute Gasteiger partial charge is 0.493 e. The SMILES string of the molecule is CC(=O)N[C@H]1C[C@H]2CN(Cc3ccc4c(c3)CCO4)[C@@H](CC(C)C)C(=O)N2C1. The van der Waals surface area contributed by atoms with E-state index in [-0.39, 0.29) is 29.9 Å². The van der Waals surface area contributed by atoms with Crippen molar-refractivity contribution < 1.29 is 14.3 Å². The van der Waals surface area contributed by atoms with E-state index in [1.807, 2.05) is 4.90 Å². The molecule has 1 aromatic carbocycles. The quantitative estimate of drug-likeness (QED) is 0.842. The summed E-state index contributed by atoms with van der Waals surface area (Å²) < 4.78 is 5.63. The van der Waals surface area contributed by atoms with E-state index in [2.05, 4.69) is 42.3 Å². The number of ether oxygens (including phenoxy) is 1. The molecule has 0 unspecified atom stereocenters. The molecule has 6 heteroatoms. The molecule has 2 fully saturated rings. The zero-order chi connectivity index (χ0) is 19.8. The predicted molar refractivity (Wildman–Crippen MR) is 107 cm³/mol. The Morgan fingerprint density at radius 1 is 1.32 bits per heavy atom. The fraction of sp³-hybridized carbons (Fsp3) is 0.636. The van der Waals surface area contributed by atoms with Gasteiger partial charge in [-0.15, -0.1) is 0 Å². The van der Waals surface area contributed by atoms with Gasteiger partial charge in [0, 0.05) is 45.1 Å². The van der Waals surface area contributed by atoms with Gasteiger partial charge in [0.15, 0.2) is 0 Å². The van der Waals surface area contributed by atoms with Gasteiger partial charge in [-0.25, -0.2) is 0 Å². The molecule has 4 rings (SSSR count). The van der Waals surface area contributed by atoms with Crippen LogP contribution in [0.5, 0.6) is 5.75 Å². The molecule has 1 aromatic rings. The molecule has 3 heterocycles. The molecule has 28 heavy (non-hydrogen) atoms. The van der Waals surface area contributed by atoms with Crippen molar-refractivity contribution in [3.05, 3.63) is 29.3 Å². The van der Waals surface area contributed by atoms with E-state index in [1.165, 1.54) is 11.1 Å². The van der Waals surface area contributed by atoms with Crippen molar-refractivity contribution in [2.75, 3.05) is 19.7 Å². The van der Waals surface area contributed by atoms with Crippen LogP contribution in [0.4, 0.5) is 0 Å². The molecule has 3 aliphatic rings. The van der Waals surface area contributed by atoms with Gasteiger partial charge in [-0.1, -0.05) is 26.0 Å². The highest BCUT2D eigenvalue weighted by atomic mass is 16.5. The Morgan fingerprint density at radius 2 is 2.14 bits per heavy atom. The van der Waals surface area contributed by atoms with Gasteiger partial charge in [0.2, 0.25) is 11.8 Å². The minimum atomic E-state index is -0.0863. The topological polar surface area (TPSA) is 61.9 Å². The van der Waals surface area contributed by atoms with Crippen molar-refractivity contribution in [1.29, 1.82) is 0 Å². The van der Waals surface area contributed by atoms with Crippen LogP contribution in [-0.4, -0.2) is 59.4 Å². The van der Waals surface area contributed by atoms with Gasteiger partial charge in [0.05, 0.1) is 12.6 Å². The predicted octanol–water partition coefficient (Wildman–Crippen LogP) is 1.96. The zero-order valence-electron chi connectivity index (χ0n) is 17.1. The highest BCUT2D eigenvalue weighted by Gasteiger charge is 2.45. The van der Waals surface area contributed by atoms with E-state index in [1.54, 1.807) is 6.92 Å². The fourth-order valence-corrected chi connectivity index (χ4v) is 4.94. The van der Waals surface area contributed by atoms with Gasteiger partial charge < -0.3 is 15.0 Å². The first-order valence-electron chi connectivity index (χ1n) is 10.5. The first-order valence-corrected chi connectivity index (χ1v) is 10.5. The highest BCUT2D eigenvalue weighted by Crippen LogP contribution is 2.31. The summed E-state index contributed by atoms with van der Waals surface area (Å²) in [6.07, 6.45) is 2.67. The van der Waals surface area contributed by atoms with Crippen molar-refractivity contribution in [2.24, 2.45) is 5.92 Å². The lowest BCUT2D eigenvalue weighted by Gasteiger charge is -2.43. The minimum absolute atomic E-state index is 0.0201. The molecule has 2 amide bonds. The third-order valence-electron chi connectivity index (χ3n) is 6.11. The summed E-state index contributed by atoms with van der Waals surface area (Å²) in [5.41, 5.74) is 2.52. The monoisotopic (exact) mass is 385 g/mol. The maximum Gasteiger partial charge on any atom is 0.240 e. The molecule has 6 nitrogen and oxygen atoms in total. The normalized spacial score (nSPS) is 26.9. The number of rotatable bonds is 5. The second kappa shape index (κ2) is 7.74. The number of nitrogens with zero attached hydrogens (tertiary/aromatic N) is 2. The van der Waals surface area contributed by atoms with Crippen molar-refractivity contribution in [3.63, 3.8) is 0 Å². The molecule has 3 aliphatic heterocycles. The number of hydrogen-bond acceptors (Lipinski definition) is 4. The Morgan fingerprint density at radius 3 is 2.89 bits per heavy atom. The van der Waals surface area contributed by atoms with Crippen LogP contribution in [0.2, 0.25) is 0 Å². The fourth-order valence-electron chi connectivity index (χ4n) is 4.94. The number of carbonyl (C=O) groups excluding carboxylic acids is 2. The second-order valence-corrected chi connectivity index (χ2v) is 8.89. The molecule has 0 spiro atoms. The van der Waals surface area contributed by atoms with Gasteiger partial charge in [0.1, 0.15) is 5.75 Å². The summed E-state index contributed by atoms with van der Waals surface area (Å²) in [6.45, 7) is 8.95. The molecule has 0 aromatic heterocycles. The van der Waals surface area contributed by atoms with Crippen LogP contribution < -0.4 is 10.1 Å². The summed E-state index contributed by atoms with van der Waals surface area (Å²) >= 11 is 0. The molecule has 0 saturated carbocycles. The molecule has 2 saturated heterocycles. The highest BCUT2D eigenvalue weighted by molar-refractivity contribution is 5.83. The Labute approximate surface area is 167 Å². The van der Waals surface area contributed by atoms with E-state index in [4.69, 9.17) is 4.74 Å². The number of fused-ring (bicyclic) bond motifs is 2. The van der Waals surface area contributed by atoms with E-state index >= 15 is 0 Å². The molecular weight excluding hydrogens is 354 g/mol. The third-order valence-corrected chi connectivity index (χ3v) is 6.11. The maximum atomic E-state index is 13.3. The standard InChI is InChI=1S/C22H31N3O3/c1-14(2)8-20-22(27)25-12-18(23-15(3)26)10-19(25)13-24(20)11-16-4-5-21-17(9-16)6-7-28-21/h4-5,9,14,18-20H,6-8,10-13H2,1-3H3,(H,23,26)/t18-,19-,20-/m0/s1. The molecule has 152 valence electrons. The van der Waals surface area contributed by atoms with Gasteiger partial charge in [0.25, 0.3) is 0 Å². The first kappa shape index (κ1) is 19.2.